The third-order valence-corrected chi connectivity index (χ3v) is 4.19. The van der Waals surface area contributed by atoms with Crippen LogP contribution >= 0.6 is 24.0 Å². The number of aromatic amines is 1. The molecule has 0 saturated heterocycles. The minimum absolute atomic E-state index is 0. The highest BCUT2D eigenvalue weighted by molar-refractivity contribution is 14.0. The van der Waals surface area contributed by atoms with Crippen molar-refractivity contribution in [2.75, 3.05) is 13.6 Å². The van der Waals surface area contributed by atoms with Crippen molar-refractivity contribution in [1.82, 2.24) is 15.6 Å². The molecule has 0 unspecified atom stereocenters. The van der Waals surface area contributed by atoms with Crippen LogP contribution in [-0.2, 0) is 13.0 Å². The molecule has 3 rings (SSSR count). The zero-order valence-corrected chi connectivity index (χ0v) is 17.3. The number of benzene rings is 2. The largest absolute Gasteiger partial charge is 0.361 e. The Bertz CT molecular complexity index is 921. The molecular weight excluding hydrogens is 457 g/mol. The lowest BCUT2D eigenvalue weighted by Gasteiger charge is -2.11. The molecule has 3 N–H and O–H groups in total. The number of aliphatic imine (C=N–C) groups is 1. The lowest BCUT2D eigenvalue weighted by molar-refractivity contribution is -0.384. The second kappa shape index (κ2) is 9.91. The summed E-state index contributed by atoms with van der Waals surface area (Å²) < 4.78 is 0. The first kappa shape index (κ1) is 20.7. The van der Waals surface area contributed by atoms with Crippen LogP contribution in [0.15, 0.2) is 59.7 Å². The molecule has 27 heavy (non-hydrogen) atoms. The standard InChI is InChI=1S/C19H21N5O2.HI/c1-20-19(23-12-14-6-8-16(9-7-14)24(25)26)21-11-10-15-13-22-18-5-3-2-4-17(15)18;/h2-9,13,22H,10-12H2,1H3,(H2,20,21,23);1H. The number of nitro benzene ring substituents is 1. The van der Waals surface area contributed by atoms with Gasteiger partial charge in [0.05, 0.1) is 4.92 Å². The highest BCUT2D eigenvalue weighted by Gasteiger charge is 2.05. The molecular formula is C19H22IN5O2. The Morgan fingerprint density at radius 2 is 1.89 bits per heavy atom. The highest BCUT2D eigenvalue weighted by atomic mass is 127. The van der Waals surface area contributed by atoms with Crippen LogP contribution < -0.4 is 10.6 Å². The first-order chi connectivity index (χ1) is 12.7. The van der Waals surface area contributed by atoms with E-state index in [1.54, 1.807) is 19.2 Å². The first-order valence-electron chi connectivity index (χ1n) is 8.40. The Balaban J connectivity index is 0.00000261. The molecule has 0 bridgehead atoms. The van der Waals surface area contributed by atoms with Gasteiger partial charge in [-0.15, -0.1) is 24.0 Å². The average Bonchev–Trinajstić information content (AvgIpc) is 3.08. The summed E-state index contributed by atoms with van der Waals surface area (Å²) in [6.07, 6.45) is 2.92. The molecule has 0 aliphatic heterocycles. The lowest BCUT2D eigenvalue weighted by Crippen LogP contribution is -2.37. The first-order valence-corrected chi connectivity index (χ1v) is 8.40. The number of nitro groups is 1. The average molecular weight is 479 g/mol. The van der Waals surface area contributed by atoms with Gasteiger partial charge in [0.2, 0.25) is 0 Å². The van der Waals surface area contributed by atoms with E-state index in [-0.39, 0.29) is 29.7 Å². The van der Waals surface area contributed by atoms with Gasteiger partial charge in [-0.2, -0.15) is 0 Å². The maximum absolute atomic E-state index is 10.7. The molecule has 0 radical (unpaired) electrons. The zero-order valence-electron chi connectivity index (χ0n) is 14.9. The van der Waals surface area contributed by atoms with Crippen molar-refractivity contribution >= 4 is 46.5 Å². The Kier molecular flexibility index (Phi) is 7.59. The summed E-state index contributed by atoms with van der Waals surface area (Å²) in [6, 6.07) is 14.7. The number of non-ortho nitro benzene ring substituents is 1. The van der Waals surface area contributed by atoms with Crippen molar-refractivity contribution in [1.29, 1.82) is 0 Å². The van der Waals surface area contributed by atoms with Crippen molar-refractivity contribution in [3.05, 3.63) is 76.0 Å². The Morgan fingerprint density at radius 1 is 1.15 bits per heavy atom. The number of halogens is 1. The van der Waals surface area contributed by atoms with Gasteiger partial charge in [0.1, 0.15) is 0 Å². The Labute approximate surface area is 174 Å². The molecule has 0 aliphatic carbocycles. The van der Waals surface area contributed by atoms with Crippen LogP contribution in [0.5, 0.6) is 0 Å². The molecule has 1 aromatic heterocycles. The minimum Gasteiger partial charge on any atom is -0.361 e. The number of guanidine groups is 1. The predicted octanol–water partition coefficient (Wildman–Crippen LogP) is 3.60. The van der Waals surface area contributed by atoms with Gasteiger partial charge in [-0.25, -0.2) is 0 Å². The molecule has 0 fully saturated rings. The van der Waals surface area contributed by atoms with Gasteiger partial charge in [-0.1, -0.05) is 30.3 Å². The zero-order chi connectivity index (χ0) is 18.4. The number of para-hydroxylation sites is 1. The Hall–Kier alpha value is -2.62. The van der Waals surface area contributed by atoms with Crippen molar-refractivity contribution in [3.8, 4) is 0 Å². The van der Waals surface area contributed by atoms with Crippen LogP contribution in [0.3, 0.4) is 0 Å². The maximum Gasteiger partial charge on any atom is 0.269 e. The van der Waals surface area contributed by atoms with Gasteiger partial charge in [-0.3, -0.25) is 15.1 Å². The number of hydrogen-bond donors (Lipinski definition) is 3. The van der Waals surface area contributed by atoms with Crippen molar-refractivity contribution < 1.29 is 4.92 Å². The lowest BCUT2D eigenvalue weighted by atomic mass is 10.1. The molecule has 3 aromatic rings. The van der Waals surface area contributed by atoms with Crippen LogP contribution in [-0.4, -0.2) is 29.5 Å². The topological polar surface area (TPSA) is 95.3 Å². The van der Waals surface area contributed by atoms with Crippen molar-refractivity contribution in [3.63, 3.8) is 0 Å². The summed E-state index contributed by atoms with van der Waals surface area (Å²) in [5.74, 6) is 0.697. The fourth-order valence-corrected chi connectivity index (χ4v) is 2.80. The van der Waals surface area contributed by atoms with E-state index < -0.39 is 4.92 Å². The Morgan fingerprint density at radius 3 is 2.59 bits per heavy atom. The summed E-state index contributed by atoms with van der Waals surface area (Å²) in [4.78, 5) is 17.8. The summed E-state index contributed by atoms with van der Waals surface area (Å²) in [6.45, 7) is 1.30. The molecule has 8 heteroatoms. The van der Waals surface area contributed by atoms with Gasteiger partial charge < -0.3 is 15.6 Å². The molecule has 7 nitrogen and oxygen atoms in total. The van der Waals surface area contributed by atoms with Gasteiger partial charge in [0, 0.05) is 49.4 Å². The third kappa shape index (κ3) is 5.43. The molecule has 0 spiro atoms. The van der Waals surface area contributed by atoms with Crippen LogP contribution in [0.4, 0.5) is 5.69 Å². The summed E-state index contributed by atoms with van der Waals surface area (Å²) in [7, 11) is 1.72. The smallest absolute Gasteiger partial charge is 0.269 e. The van der Waals surface area contributed by atoms with Gasteiger partial charge in [-0.05, 0) is 23.6 Å². The van der Waals surface area contributed by atoms with E-state index in [4.69, 9.17) is 0 Å². The molecule has 0 atom stereocenters. The van der Waals surface area contributed by atoms with Crippen LogP contribution in [0.2, 0.25) is 0 Å². The minimum atomic E-state index is -0.400. The van der Waals surface area contributed by atoms with Gasteiger partial charge >= 0.3 is 0 Å². The van der Waals surface area contributed by atoms with Gasteiger partial charge in [0.15, 0.2) is 5.96 Å². The predicted molar refractivity (Wildman–Crippen MR) is 119 cm³/mol. The highest BCUT2D eigenvalue weighted by Crippen LogP contribution is 2.17. The van der Waals surface area contributed by atoms with E-state index in [1.807, 2.05) is 18.3 Å². The molecule has 0 aliphatic rings. The number of nitrogens with zero attached hydrogens (tertiary/aromatic N) is 2. The van der Waals surface area contributed by atoms with E-state index in [9.17, 15) is 10.1 Å². The van der Waals surface area contributed by atoms with E-state index in [0.29, 0.717) is 12.5 Å². The van der Waals surface area contributed by atoms with E-state index >= 15 is 0 Å². The van der Waals surface area contributed by atoms with E-state index in [0.717, 1.165) is 24.0 Å². The fraction of sp³-hybridized carbons (Fsp3) is 0.211. The number of fused-ring (bicyclic) bond motifs is 1. The summed E-state index contributed by atoms with van der Waals surface area (Å²) >= 11 is 0. The van der Waals surface area contributed by atoms with Crippen molar-refractivity contribution in [2.45, 2.75) is 13.0 Å². The van der Waals surface area contributed by atoms with Crippen LogP contribution in [0.1, 0.15) is 11.1 Å². The molecule has 142 valence electrons. The quantitative estimate of drug-likeness (QED) is 0.166. The SMILES string of the molecule is CN=C(NCCc1c[nH]c2ccccc12)NCc1ccc([N+](=O)[O-])cc1.I. The number of H-pyrrole nitrogens is 1. The molecule has 2 aromatic carbocycles. The normalized spacial score (nSPS) is 11.1. The summed E-state index contributed by atoms with van der Waals surface area (Å²) in [5, 5.41) is 18.4. The molecule has 1 heterocycles. The number of nitrogens with one attached hydrogen (secondary N) is 3. The second-order valence-corrected chi connectivity index (χ2v) is 5.89. The van der Waals surface area contributed by atoms with Crippen LogP contribution in [0.25, 0.3) is 10.9 Å². The van der Waals surface area contributed by atoms with Crippen molar-refractivity contribution in [2.24, 2.45) is 4.99 Å². The summed E-state index contributed by atoms with van der Waals surface area (Å²) in [5.41, 5.74) is 3.45. The van der Waals surface area contributed by atoms with E-state index in [1.165, 1.54) is 23.1 Å². The molecule has 0 amide bonds. The van der Waals surface area contributed by atoms with Gasteiger partial charge in [0.25, 0.3) is 5.69 Å². The van der Waals surface area contributed by atoms with E-state index in [2.05, 4.69) is 32.7 Å². The molecule has 0 saturated carbocycles. The number of aromatic nitrogens is 1. The number of hydrogen-bond acceptors (Lipinski definition) is 3. The van der Waals surface area contributed by atoms with Crippen LogP contribution in [0, 0.1) is 10.1 Å². The third-order valence-electron chi connectivity index (χ3n) is 4.19. The monoisotopic (exact) mass is 479 g/mol. The second-order valence-electron chi connectivity index (χ2n) is 5.89. The maximum atomic E-state index is 10.7. The fourth-order valence-electron chi connectivity index (χ4n) is 2.80. The number of rotatable bonds is 6.